The molecule has 2 nitrogen and oxygen atoms in total. The van der Waals surface area contributed by atoms with Crippen molar-refractivity contribution in [3.63, 3.8) is 0 Å². The maximum absolute atomic E-state index is 14.3. The van der Waals surface area contributed by atoms with E-state index < -0.39 is 0 Å². The molecule has 2 aromatic rings. The Kier molecular flexibility index (Phi) is 9.61. The van der Waals surface area contributed by atoms with Crippen LogP contribution in [0.3, 0.4) is 0 Å². The Hall–Kier alpha value is -2.16. The zero-order valence-electron chi connectivity index (χ0n) is 16.6. The third-order valence-electron chi connectivity index (χ3n) is 4.69. The van der Waals surface area contributed by atoms with Crippen molar-refractivity contribution in [2.24, 2.45) is 0 Å². The van der Waals surface area contributed by atoms with E-state index in [1.54, 1.807) is 6.07 Å². The van der Waals surface area contributed by atoms with Crippen molar-refractivity contribution in [3.8, 4) is 17.0 Å². The lowest BCUT2D eigenvalue weighted by Gasteiger charge is -2.09. The highest BCUT2D eigenvalue weighted by molar-refractivity contribution is 5.60. The van der Waals surface area contributed by atoms with Gasteiger partial charge in [-0.2, -0.15) is 0 Å². The molecule has 0 saturated carbocycles. The summed E-state index contributed by atoms with van der Waals surface area (Å²) in [5.41, 5.74) is 2.62. The van der Waals surface area contributed by atoms with Crippen molar-refractivity contribution in [1.29, 1.82) is 0 Å². The van der Waals surface area contributed by atoms with Gasteiger partial charge >= 0.3 is 0 Å². The third kappa shape index (κ3) is 7.54. The van der Waals surface area contributed by atoms with E-state index in [2.05, 4.69) is 18.5 Å². The maximum Gasteiger partial charge on any atom is 0.165 e. The van der Waals surface area contributed by atoms with E-state index >= 15 is 0 Å². The zero-order chi connectivity index (χ0) is 19.3. The number of halogens is 1. The molecule has 0 unspecified atom stereocenters. The van der Waals surface area contributed by atoms with Crippen molar-refractivity contribution in [3.05, 3.63) is 60.6 Å². The van der Waals surface area contributed by atoms with Gasteiger partial charge in [-0.3, -0.25) is 4.98 Å². The minimum atomic E-state index is -0.330. The molecule has 1 aromatic heterocycles. The average Bonchev–Trinajstić information content (AvgIpc) is 2.68. The van der Waals surface area contributed by atoms with Crippen LogP contribution in [-0.4, -0.2) is 11.6 Å². The molecule has 2 rings (SSSR count). The van der Waals surface area contributed by atoms with Gasteiger partial charge in [0.2, 0.25) is 0 Å². The standard InChI is InChI=1S/C24H32FNO/c1-3-5-6-7-8-9-10-11-17-27-24-16-14-21(18-22(24)25)23-15-13-20(12-4-2)19-26-23/h4,13-16,18-19H,2-3,5-12,17H2,1H3. The summed E-state index contributed by atoms with van der Waals surface area (Å²) in [7, 11) is 0. The Balaban J connectivity index is 1.75. The van der Waals surface area contributed by atoms with Crippen LogP contribution >= 0.6 is 0 Å². The summed E-state index contributed by atoms with van der Waals surface area (Å²) in [5.74, 6) is -0.00555. The normalized spacial score (nSPS) is 10.7. The van der Waals surface area contributed by atoms with E-state index in [1.807, 2.05) is 30.5 Å². The fraction of sp³-hybridized carbons (Fsp3) is 0.458. The van der Waals surface area contributed by atoms with Gasteiger partial charge in [-0.25, -0.2) is 4.39 Å². The molecule has 0 saturated heterocycles. The van der Waals surface area contributed by atoms with E-state index in [0.29, 0.717) is 12.4 Å². The first-order valence-electron chi connectivity index (χ1n) is 10.2. The van der Waals surface area contributed by atoms with Gasteiger partial charge in [-0.1, -0.05) is 64.0 Å². The molecule has 0 N–H and O–H groups in total. The number of ether oxygens (including phenoxy) is 1. The molecule has 1 aromatic carbocycles. The number of benzene rings is 1. The second kappa shape index (κ2) is 12.3. The summed E-state index contributed by atoms with van der Waals surface area (Å²) in [6, 6.07) is 8.97. The Morgan fingerprint density at radius 3 is 2.37 bits per heavy atom. The SMILES string of the molecule is C=CCc1ccc(-c2ccc(OCCCCCCCCCC)c(F)c2)nc1. The number of pyridine rings is 1. The molecule has 0 aliphatic carbocycles. The second-order valence-corrected chi connectivity index (χ2v) is 7.01. The summed E-state index contributed by atoms with van der Waals surface area (Å²) in [4.78, 5) is 4.41. The Bertz CT molecular complexity index is 681. The highest BCUT2D eigenvalue weighted by Gasteiger charge is 2.07. The van der Waals surface area contributed by atoms with Gasteiger partial charge in [-0.05, 0) is 42.7 Å². The average molecular weight is 370 g/mol. The van der Waals surface area contributed by atoms with Crippen LogP contribution in [0.25, 0.3) is 11.3 Å². The van der Waals surface area contributed by atoms with Crippen molar-refractivity contribution < 1.29 is 9.13 Å². The number of unbranched alkanes of at least 4 members (excludes halogenated alkanes) is 7. The number of nitrogens with zero attached hydrogens (tertiary/aromatic N) is 1. The van der Waals surface area contributed by atoms with Gasteiger partial charge in [0.15, 0.2) is 11.6 Å². The molecule has 0 amide bonds. The van der Waals surface area contributed by atoms with Crippen LogP contribution in [0.2, 0.25) is 0 Å². The van der Waals surface area contributed by atoms with Crippen LogP contribution in [0.4, 0.5) is 4.39 Å². The summed E-state index contributed by atoms with van der Waals surface area (Å²) < 4.78 is 19.9. The molecule has 0 atom stereocenters. The molecule has 146 valence electrons. The first-order valence-corrected chi connectivity index (χ1v) is 10.2. The maximum atomic E-state index is 14.3. The van der Waals surface area contributed by atoms with Crippen molar-refractivity contribution in [1.82, 2.24) is 4.98 Å². The highest BCUT2D eigenvalue weighted by atomic mass is 19.1. The third-order valence-corrected chi connectivity index (χ3v) is 4.69. The van der Waals surface area contributed by atoms with Crippen molar-refractivity contribution in [2.45, 2.75) is 64.7 Å². The monoisotopic (exact) mass is 369 g/mol. The largest absolute Gasteiger partial charge is 0.491 e. The first kappa shape index (κ1) is 21.1. The van der Waals surface area contributed by atoms with Crippen LogP contribution in [-0.2, 0) is 6.42 Å². The molecule has 0 fully saturated rings. The van der Waals surface area contributed by atoms with Gasteiger partial charge in [0, 0.05) is 11.8 Å². The van der Waals surface area contributed by atoms with Gasteiger partial charge < -0.3 is 4.74 Å². The van der Waals surface area contributed by atoms with Crippen LogP contribution in [0, 0.1) is 5.82 Å². The zero-order valence-corrected chi connectivity index (χ0v) is 16.6. The molecule has 3 heteroatoms. The predicted octanol–water partition coefficient (Wildman–Crippen LogP) is 7.14. The molecule has 0 spiro atoms. The molecule has 0 aliphatic heterocycles. The lowest BCUT2D eigenvalue weighted by molar-refractivity contribution is 0.290. The lowest BCUT2D eigenvalue weighted by atomic mass is 10.1. The van der Waals surface area contributed by atoms with Crippen LogP contribution in [0.5, 0.6) is 5.75 Å². The molecule has 27 heavy (non-hydrogen) atoms. The van der Waals surface area contributed by atoms with E-state index in [4.69, 9.17) is 4.74 Å². The molecular formula is C24H32FNO. The fourth-order valence-corrected chi connectivity index (χ4v) is 3.08. The summed E-state index contributed by atoms with van der Waals surface area (Å²) >= 11 is 0. The highest BCUT2D eigenvalue weighted by Crippen LogP contribution is 2.25. The van der Waals surface area contributed by atoms with Crippen molar-refractivity contribution >= 4 is 0 Å². The van der Waals surface area contributed by atoms with E-state index in [0.717, 1.165) is 36.1 Å². The first-order chi connectivity index (χ1) is 13.2. The number of hydrogen-bond donors (Lipinski definition) is 0. The van der Waals surface area contributed by atoms with Crippen LogP contribution in [0.1, 0.15) is 63.9 Å². The number of hydrogen-bond acceptors (Lipinski definition) is 2. The van der Waals surface area contributed by atoms with E-state index in [-0.39, 0.29) is 5.82 Å². The fourth-order valence-electron chi connectivity index (χ4n) is 3.08. The van der Waals surface area contributed by atoms with Gasteiger partial charge in [0.1, 0.15) is 0 Å². The topological polar surface area (TPSA) is 22.1 Å². The number of aromatic nitrogens is 1. The van der Waals surface area contributed by atoms with Gasteiger partial charge in [0.25, 0.3) is 0 Å². The predicted molar refractivity (Wildman–Crippen MR) is 112 cm³/mol. The Labute approximate surface area is 163 Å². The lowest BCUT2D eigenvalue weighted by Crippen LogP contribution is -1.99. The van der Waals surface area contributed by atoms with E-state index in [9.17, 15) is 4.39 Å². The van der Waals surface area contributed by atoms with Gasteiger partial charge in [0.05, 0.1) is 12.3 Å². The van der Waals surface area contributed by atoms with Crippen molar-refractivity contribution in [2.75, 3.05) is 6.61 Å². The minimum Gasteiger partial charge on any atom is -0.491 e. The summed E-state index contributed by atoms with van der Waals surface area (Å²) in [6.45, 7) is 6.53. The quantitative estimate of drug-likeness (QED) is 0.276. The number of rotatable bonds is 13. The summed E-state index contributed by atoms with van der Waals surface area (Å²) in [6.07, 6.45) is 14.4. The van der Waals surface area contributed by atoms with Crippen LogP contribution < -0.4 is 4.74 Å². The Morgan fingerprint density at radius 1 is 1.00 bits per heavy atom. The molecule has 1 heterocycles. The van der Waals surface area contributed by atoms with Gasteiger partial charge in [-0.15, -0.1) is 6.58 Å². The van der Waals surface area contributed by atoms with E-state index in [1.165, 1.54) is 44.6 Å². The Morgan fingerprint density at radius 2 is 1.74 bits per heavy atom. The molecule has 0 aliphatic rings. The molecule has 0 bridgehead atoms. The van der Waals surface area contributed by atoms with Crippen LogP contribution in [0.15, 0.2) is 49.2 Å². The summed E-state index contributed by atoms with van der Waals surface area (Å²) in [5, 5.41) is 0. The molecule has 0 radical (unpaired) electrons. The minimum absolute atomic E-state index is 0.324. The molecular weight excluding hydrogens is 337 g/mol. The smallest absolute Gasteiger partial charge is 0.165 e. The number of allylic oxidation sites excluding steroid dienone is 1. The second-order valence-electron chi connectivity index (χ2n) is 7.01.